The first-order chi connectivity index (χ1) is 9.42. The maximum Gasteiger partial charge on any atom is 0.153 e. The molecule has 0 aliphatic rings. The van der Waals surface area contributed by atoms with Crippen LogP contribution in [0.15, 0.2) is 51.0 Å². The number of hydrogen-bond donors (Lipinski definition) is 1. The summed E-state index contributed by atoms with van der Waals surface area (Å²) in [5, 5.41) is 6.47. The Morgan fingerprint density at radius 3 is 2.84 bits per heavy atom. The van der Waals surface area contributed by atoms with E-state index in [1.165, 1.54) is 0 Å². The van der Waals surface area contributed by atoms with Gasteiger partial charge in [-0.1, -0.05) is 0 Å². The molecule has 0 saturated carbocycles. The van der Waals surface area contributed by atoms with Gasteiger partial charge in [-0.2, -0.15) is 0 Å². The lowest BCUT2D eigenvalue weighted by molar-refractivity contribution is 0.484. The van der Waals surface area contributed by atoms with Crippen LogP contribution in [0.25, 0.3) is 11.5 Å². The predicted molar refractivity (Wildman–Crippen MR) is 73.9 cm³/mol. The van der Waals surface area contributed by atoms with Crippen molar-refractivity contribution in [3.63, 3.8) is 0 Å². The molecule has 4 nitrogen and oxygen atoms in total. The van der Waals surface area contributed by atoms with Crippen LogP contribution in [0.5, 0.6) is 0 Å². The molecule has 3 aromatic heterocycles. The highest BCUT2D eigenvalue weighted by molar-refractivity contribution is 7.09. The standard InChI is InChI=1S/C14H14N2O2S/c1-3-11(17-7-1)9-15-6-5-14-16-12(10-19-14)13-4-2-8-18-13/h1-4,7-8,10,15H,5-6,9H2. The molecule has 0 amide bonds. The van der Waals surface area contributed by atoms with Crippen LogP contribution in [0.4, 0.5) is 0 Å². The molecule has 0 radical (unpaired) electrons. The fraction of sp³-hybridized carbons (Fsp3) is 0.214. The molecule has 0 spiro atoms. The summed E-state index contributed by atoms with van der Waals surface area (Å²) in [6.07, 6.45) is 4.26. The largest absolute Gasteiger partial charge is 0.468 e. The molecule has 0 aliphatic carbocycles. The van der Waals surface area contributed by atoms with Crippen molar-refractivity contribution in [2.75, 3.05) is 6.54 Å². The molecule has 5 heteroatoms. The monoisotopic (exact) mass is 274 g/mol. The van der Waals surface area contributed by atoms with Crippen LogP contribution in [0.1, 0.15) is 10.8 Å². The van der Waals surface area contributed by atoms with Gasteiger partial charge in [0.05, 0.1) is 24.1 Å². The lowest BCUT2D eigenvalue weighted by Crippen LogP contribution is -2.16. The first-order valence-corrected chi connectivity index (χ1v) is 7.01. The molecule has 98 valence electrons. The average Bonchev–Trinajstić information content (AvgIpc) is 3.15. The Labute approximate surface area is 115 Å². The van der Waals surface area contributed by atoms with Crippen molar-refractivity contribution in [1.82, 2.24) is 10.3 Å². The summed E-state index contributed by atoms with van der Waals surface area (Å²) >= 11 is 1.66. The third-order valence-electron chi connectivity index (χ3n) is 2.72. The van der Waals surface area contributed by atoms with E-state index in [2.05, 4.69) is 10.3 Å². The number of rotatable bonds is 6. The molecule has 0 saturated heterocycles. The first-order valence-electron chi connectivity index (χ1n) is 6.13. The van der Waals surface area contributed by atoms with Gasteiger partial charge < -0.3 is 14.2 Å². The smallest absolute Gasteiger partial charge is 0.153 e. The third kappa shape index (κ3) is 3.13. The van der Waals surface area contributed by atoms with E-state index < -0.39 is 0 Å². The maximum atomic E-state index is 5.32. The minimum Gasteiger partial charge on any atom is -0.468 e. The average molecular weight is 274 g/mol. The Morgan fingerprint density at radius 2 is 2.05 bits per heavy atom. The van der Waals surface area contributed by atoms with Gasteiger partial charge in [-0.25, -0.2) is 4.98 Å². The van der Waals surface area contributed by atoms with Crippen molar-refractivity contribution in [3.05, 3.63) is 52.9 Å². The van der Waals surface area contributed by atoms with Gasteiger partial charge >= 0.3 is 0 Å². The van der Waals surface area contributed by atoms with E-state index in [0.29, 0.717) is 0 Å². The molecule has 0 aliphatic heterocycles. The second-order valence-corrected chi connectivity index (χ2v) is 5.05. The second kappa shape index (κ2) is 5.86. The van der Waals surface area contributed by atoms with Crippen LogP contribution in [0, 0.1) is 0 Å². The number of hydrogen-bond acceptors (Lipinski definition) is 5. The molecule has 3 heterocycles. The number of furan rings is 2. The van der Waals surface area contributed by atoms with E-state index in [1.807, 2.05) is 29.6 Å². The van der Waals surface area contributed by atoms with Crippen LogP contribution in [0.3, 0.4) is 0 Å². The predicted octanol–water partition coefficient (Wildman–Crippen LogP) is 3.33. The van der Waals surface area contributed by atoms with Gasteiger partial charge in [-0.3, -0.25) is 0 Å². The van der Waals surface area contributed by atoms with E-state index in [1.54, 1.807) is 23.9 Å². The zero-order chi connectivity index (χ0) is 12.9. The van der Waals surface area contributed by atoms with Crippen LogP contribution in [-0.2, 0) is 13.0 Å². The first kappa shape index (κ1) is 12.2. The van der Waals surface area contributed by atoms with E-state index >= 15 is 0 Å². The van der Waals surface area contributed by atoms with Crippen molar-refractivity contribution < 1.29 is 8.83 Å². The quantitative estimate of drug-likeness (QED) is 0.700. The highest BCUT2D eigenvalue weighted by atomic mass is 32.1. The summed E-state index contributed by atoms with van der Waals surface area (Å²) in [4.78, 5) is 4.55. The summed E-state index contributed by atoms with van der Waals surface area (Å²) in [6, 6.07) is 7.66. The second-order valence-electron chi connectivity index (χ2n) is 4.11. The Kier molecular flexibility index (Phi) is 3.76. The third-order valence-corrected chi connectivity index (χ3v) is 3.63. The van der Waals surface area contributed by atoms with Gasteiger partial charge in [0, 0.05) is 18.3 Å². The number of nitrogens with zero attached hydrogens (tertiary/aromatic N) is 1. The summed E-state index contributed by atoms with van der Waals surface area (Å²) in [6.45, 7) is 1.63. The summed E-state index contributed by atoms with van der Waals surface area (Å²) in [5.74, 6) is 1.78. The molecule has 0 aromatic carbocycles. The van der Waals surface area contributed by atoms with Gasteiger partial charge in [0.15, 0.2) is 5.76 Å². The fourth-order valence-corrected chi connectivity index (χ4v) is 2.57. The molecular weight excluding hydrogens is 260 g/mol. The zero-order valence-corrected chi connectivity index (χ0v) is 11.2. The van der Waals surface area contributed by atoms with Gasteiger partial charge in [0.2, 0.25) is 0 Å². The van der Waals surface area contributed by atoms with Crippen LogP contribution in [-0.4, -0.2) is 11.5 Å². The van der Waals surface area contributed by atoms with E-state index in [4.69, 9.17) is 8.83 Å². The Bertz CT molecular complexity index is 599. The van der Waals surface area contributed by atoms with Crippen molar-refractivity contribution in [1.29, 1.82) is 0 Å². The summed E-state index contributed by atoms with van der Waals surface area (Å²) in [7, 11) is 0. The highest BCUT2D eigenvalue weighted by Crippen LogP contribution is 2.22. The van der Waals surface area contributed by atoms with E-state index in [9.17, 15) is 0 Å². The molecule has 19 heavy (non-hydrogen) atoms. The molecule has 3 rings (SSSR count). The molecule has 0 bridgehead atoms. The fourth-order valence-electron chi connectivity index (χ4n) is 1.78. The lowest BCUT2D eigenvalue weighted by Gasteiger charge is -2.00. The molecule has 1 N–H and O–H groups in total. The molecule has 0 atom stereocenters. The van der Waals surface area contributed by atoms with Crippen LogP contribution >= 0.6 is 11.3 Å². The van der Waals surface area contributed by atoms with Gasteiger partial charge in [0.1, 0.15) is 11.5 Å². The van der Waals surface area contributed by atoms with Crippen molar-refractivity contribution in [3.8, 4) is 11.5 Å². The normalized spacial score (nSPS) is 10.9. The zero-order valence-electron chi connectivity index (χ0n) is 10.3. The minimum absolute atomic E-state index is 0.753. The highest BCUT2D eigenvalue weighted by Gasteiger charge is 2.06. The van der Waals surface area contributed by atoms with Gasteiger partial charge in [0.25, 0.3) is 0 Å². The molecule has 0 fully saturated rings. The van der Waals surface area contributed by atoms with Crippen molar-refractivity contribution in [2.24, 2.45) is 0 Å². The summed E-state index contributed by atoms with van der Waals surface area (Å²) in [5.41, 5.74) is 0.913. The summed E-state index contributed by atoms with van der Waals surface area (Å²) < 4.78 is 10.6. The van der Waals surface area contributed by atoms with Crippen molar-refractivity contribution >= 4 is 11.3 Å². The number of aromatic nitrogens is 1. The van der Waals surface area contributed by atoms with Crippen LogP contribution in [0.2, 0.25) is 0 Å². The SMILES string of the molecule is c1coc(CNCCc2nc(-c3ccco3)cs2)c1. The maximum absolute atomic E-state index is 5.32. The van der Waals surface area contributed by atoms with Crippen molar-refractivity contribution in [2.45, 2.75) is 13.0 Å². The molecule has 3 aromatic rings. The Balaban J connectivity index is 1.48. The van der Waals surface area contributed by atoms with Crippen LogP contribution < -0.4 is 5.32 Å². The van der Waals surface area contributed by atoms with E-state index in [0.717, 1.165) is 41.7 Å². The molecular formula is C14H14N2O2S. The topological polar surface area (TPSA) is 51.2 Å². The van der Waals surface area contributed by atoms with Gasteiger partial charge in [-0.05, 0) is 24.3 Å². The van der Waals surface area contributed by atoms with Gasteiger partial charge in [-0.15, -0.1) is 11.3 Å². The lowest BCUT2D eigenvalue weighted by atomic mass is 10.3. The Morgan fingerprint density at radius 1 is 1.16 bits per heavy atom. The Hall–Kier alpha value is -1.85. The number of thiazole rings is 1. The molecule has 0 unspecified atom stereocenters. The minimum atomic E-state index is 0.753. The number of nitrogens with one attached hydrogen (secondary N) is 1. The van der Waals surface area contributed by atoms with E-state index in [-0.39, 0.29) is 0 Å².